The molecule has 7 heteroatoms. The lowest BCUT2D eigenvalue weighted by atomic mass is 10.1. The number of carbonyl (C=O) groups excluding carboxylic acids is 1. The highest BCUT2D eigenvalue weighted by Crippen LogP contribution is 2.32. The van der Waals surface area contributed by atoms with E-state index in [-0.39, 0.29) is 11.8 Å². The van der Waals surface area contributed by atoms with Crippen LogP contribution in [0.4, 0.5) is 18.3 Å². The zero-order valence-electron chi connectivity index (χ0n) is 11.5. The van der Waals surface area contributed by atoms with Crippen molar-refractivity contribution in [3.63, 3.8) is 0 Å². The van der Waals surface area contributed by atoms with E-state index in [9.17, 15) is 18.0 Å². The highest BCUT2D eigenvalue weighted by Gasteiger charge is 2.31. The maximum atomic E-state index is 12.7. The number of benzene rings is 1. The molecule has 1 aliphatic carbocycles. The third-order valence-corrected chi connectivity index (χ3v) is 4.28. The summed E-state index contributed by atoms with van der Waals surface area (Å²) in [5, 5.41) is 3.23. The van der Waals surface area contributed by atoms with Gasteiger partial charge in [0.15, 0.2) is 5.13 Å². The molecule has 3 rings (SSSR count). The van der Waals surface area contributed by atoms with Crippen LogP contribution in [0.15, 0.2) is 30.5 Å². The summed E-state index contributed by atoms with van der Waals surface area (Å²) in [6.07, 6.45) is -0.565. The maximum Gasteiger partial charge on any atom is 0.416 e. The van der Waals surface area contributed by atoms with Crippen LogP contribution < -0.4 is 5.32 Å². The van der Waals surface area contributed by atoms with Crippen LogP contribution in [-0.2, 0) is 17.4 Å². The van der Waals surface area contributed by atoms with Crippen LogP contribution in [0.25, 0.3) is 0 Å². The maximum absolute atomic E-state index is 12.7. The molecule has 1 aromatic carbocycles. The van der Waals surface area contributed by atoms with E-state index in [4.69, 9.17) is 0 Å². The number of hydrogen-bond acceptors (Lipinski definition) is 3. The molecule has 1 saturated carbocycles. The van der Waals surface area contributed by atoms with Crippen LogP contribution in [0.1, 0.15) is 28.8 Å². The Hall–Kier alpha value is -1.89. The van der Waals surface area contributed by atoms with Gasteiger partial charge in [0.05, 0.1) is 5.56 Å². The predicted octanol–water partition coefficient (Wildman–Crippen LogP) is 4.10. The van der Waals surface area contributed by atoms with Gasteiger partial charge in [-0.05, 0) is 24.5 Å². The van der Waals surface area contributed by atoms with Crippen molar-refractivity contribution in [3.8, 4) is 0 Å². The first-order chi connectivity index (χ1) is 10.4. The van der Waals surface area contributed by atoms with Gasteiger partial charge in [-0.25, -0.2) is 4.98 Å². The van der Waals surface area contributed by atoms with Gasteiger partial charge in [0.1, 0.15) is 0 Å². The number of halogens is 3. The normalized spacial score (nSPS) is 14.9. The largest absolute Gasteiger partial charge is 0.416 e. The number of hydrogen-bond donors (Lipinski definition) is 1. The third kappa shape index (κ3) is 3.65. The summed E-state index contributed by atoms with van der Waals surface area (Å²) in [7, 11) is 0. The Bertz CT molecular complexity index is 692. The Labute approximate surface area is 129 Å². The van der Waals surface area contributed by atoms with E-state index in [2.05, 4.69) is 10.3 Å². The fraction of sp³-hybridized carbons (Fsp3) is 0.333. The van der Waals surface area contributed by atoms with Crippen LogP contribution in [-0.4, -0.2) is 10.9 Å². The van der Waals surface area contributed by atoms with Crippen molar-refractivity contribution in [1.29, 1.82) is 0 Å². The summed E-state index contributed by atoms with van der Waals surface area (Å²) >= 11 is 1.29. The lowest BCUT2D eigenvalue weighted by Gasteiger charge is -2.07. The number of carbonyl (C=O) groups is 1. The topological polar surface area (TPSA) is 42.0 Å². The van der Waals surface area contributed by atoms with E-state index >= 15 is 0 Å². The first-order valence-electron chi connectivity index (χ1n) is 6.83. The minimum absolute atomic E-state index is 0.0278. The van der Waals surface area contributed by atoms with Gasteiger partial charge in [0, 0.05) is 23.4 Å². The van der Waals surface area contributed by atoms with Gasteiger partial charge in [-0.1, -0.05) is 18.2 Å². The van der Waals surface area contributed by atoms with E-state index in [0.29, 0.717) is 17.1 Å². The zero-order chi connectivity index (χ0) is 15.7. The minimum atomic E-state index is -4.34. The summed E-state index contributed by atoms with van der Waals surface area (Å²) in [5.74, 6) is 0.0655. The van der Waals surface area contributed by atoms with Gasteiger partial charge in [-0.2, -0.15) is 13.2 Å². The predicted molar refractivity (Wildman–Crippen MR) is 77.7 cm³/mol. The summed E-state index contributed by atoms with van der Waals surface area (Å²) in [4.78, 5) is 16.5. The molecule has 1 heterocycles. The van der Waals surface area contributed by atoms with Crippen molar-refractivity contribution in [2.75, 3.05) is 5.32 Å². The molecule has 2 aromatic rings. The number of aromatic nitrogens is 1. The number of rotatable bonds is 4. The standard InChI is InChI=1S/C15H13F3N2OS/c16-15(17,18)11-3-1-2-9(6-11)7-12-8-19-14(22-12)20-13(21)10-4-5-10/h1-3,6,8,10H,4-5,7H2,(H,19,20,21). The SMILES string of the molecule is O=C(Nc1ncc(Cc2cccc(C(F)(F)F)c2)s1)C1CC1. The van der Waals surface area contributed by atoms with Gasteiger partial charge >= 0.3 is 6.18 Å². The Balaban J connectivity index is 1.68. The smallest absolute Gasteiger partial charge is 0.302 e. The van der Waals surface area contributed by atoms with Crippen molar-refractivity contribution < 1.29 is 18.0 Å². The number of anilines is 1. The average Bonchev–Trinajstić information content (AvgIpc) is 3.22. The van der Waals surface area contributed by atoms with Gasteiger partial charge in [0.25, 0.3) is 0 Å². The molecule has 0 spiro atoms. The van der Waals surface area contributed by atoms with Crippen LogP contribution in [0.2, 0.25) is 0 Å². The van der Waals surface area contributed by atoms with Crippen molar-refractivity contribution in [1.82, 2.24) is 4.98 Å². The van der Waals surface area contributed by atoms with Crippen molar-refractivity contribution >= 4 is 22.4 Å². The van der Waals surface area contributed by atoms with E-state index in [1.165, 1.54) is 17.4 Å². The fourth-order valence-corrected chi connectivity index (χ4v) is 2.91. The molecule has 0 atom stereocenters. The minimum Gasteiger partial charge on any atom is -0.302 e. The van der Waals surface area contributed by atoms with Crippen LogP contribution in [0.5, 0.6) is 0 Å². The summed E-state index contributed by atoms with van der Waals surface area (Å²) in [6.45, 7) is 0. The van der Waals surface area contributed by atoms with E-state index in [1.54, 1.807) is 12.3 Å². The van der Waals surface area contributed by atoms with Gasteiger partial charge < -0.3 is 5.32 Å². The monoisotopic (exact) mass is 326 g/mol. The van der Waals surface area contributed by atoms with Crippen LogP contribution in [0.3, 0.4) is 0 Å². The highest BCUT2D eigenvalue weighted by atomic mass is 32.1. The lowest BCUT2D eigenvalue weighted by Crippen LogP contribution is -2.12. The van der Waals surface area contributed by atoms with Crippen LogP contribution in [0, 0.1) is 5.92 Å². The van der Waals surface area contributed by atoms with Crippen molar-refractivity contribution in [2.24, 2.45) is 5.92 Å². The Kier molecular flexibility index (Phi) is 3.90. The molecule has 0 unspecified atom stereocenters. The first-order valence-corrected chi connectivity index (χ1v) is 7.65. The first kappa shape index (κ1) is 15.0. The lowest BCUT2D eigenvalue weighted by molar-refractivity contribution is -0.137. The van der Waals surface area contributed by atoms with E-state index in [1.807, 2.05) is 0 Å². The quantitative estimate of drug-likeness (QED) is 0.919. The van der Waals surface area contributed by atoms with Gasteiger partial charge in [-0.15, -0.1) is 11.3 Å². The van der Waals surface area contributed by atoms with Gasteiger partial charge in [-0.3, -0.25) is 4.79 Å². The molecule has 1 N–H and O–H groups in total. The molecule has 22 heavy (non-hydrogen) atoms. The molecule has 0 radical (unpaired) electrons. The molecule has 1 aromatic heterocycles. The molecule has 1 fully saturated rings. The van der Waals surface area contributed by atoms with Crippen molar-refractivity contribution in [2.45, 2.75) is 25.4 Å². The number of nitrogens with zero attached hydrogens (tertiary/aromatic N) is 1. The molecule has 116 valence electrons. The second kappa shape index (κ2) is 5.72. The molecule has 1 amide bonds. The average molecular weight is 326 g/mol. The van der Waals surface area contributed by atoms with Crippen LogP contribution >= 0.6 is 11.3 Å². The fourth-order valence-electron chi connectivity index (χ4n) is 2.06. The summed E-state index contributed by atoms with van der Waals surface area (Å²) in [6, 6.07) is 5.24. The summed E-state index contributed by atoms with van der Waals surface area (Å²) < 4.78 is 38.0. The molecule has 0 saturated heterocycles. The molecule has 0 aliphatic heterocycles. The number of nitrogens with one attached hydrogen (secondary N) is 1. The zero-order valence-corrected chi connectivity index (χ0v) is 12.3. The molecular weight excluding hydrogens is 313 g/mol. The number of amides is 1. The number of alkyl halides is 3. The Morgan fingerprint density at radius 3 is 2.82 bits per heavy atom. The van der Waals surface area contributed by atoms with Crippen molar-refractivity contribution in [3.05, 3.63) is 46.5 Å². The Morgan fingerprint density at radius 1 is 1.36 bits per heavy atom. The summed E-state index contributed by atoms with van der Waals surface area (Å²) in [5.41, 5.74) is -0.0877. The molecule has 3 nitrogen and oxygen atoms in total. The second-order valence-corrected chi connectivity index (χ2v) is 6.39. The number of thiazole rings is 1. The third-order valence-electron chi connectivity index (χ3n) is 3.36. The molecule has 0 bridgehead atoms. The molecule has 1 aliphatic rings. The Morgan fingerprint density at radius 2 is 2.14 bits per heavy atom. The molecular formula is C15H13F3N2OS. The highest BCUT2D eigenvalue weighted by molar-refractivity contribution is 7.15. The second-order valence-electron chi connectivity index (χ2n) is 5.27. The van der Waals surface area contributed by atoms with Gasteiger partial charge in [0.2, 0.25) is 5.91 Å². The van der Waals surface area contributed by atoms with E-state index < -0.39 is 11.7 Å². The van der Waals surface area contributed by atoms with E-state index in [0.717, 1.165) is 29.9 Å².